The second-order valence-corrected chi connectivity index (χ2v) is 9.93. The minimum Gasteiger partial charge on any atom is -0.465 e. The van der Waals surface area contributed by atoms with Crippen LogP contribution in [0.5, 0.6) is 0 Å². The number of carbonyl (C=O) groups excluding carboxylic acids is 3. The molecule has 2 aromatic carbocycles. The van der Waals surface area contributed by atoms with Crippen molar-refractivity contribution in [2.24, 2.45) is 12.5 Å². The standard InChI is InChI=1S/C27H28N4O6/c1-28-22-6-4-3-5-18(22)16-23(28)25(33)29-10-7-27(8-11-29)9-12-30(17-27)24(32)19-13-20(26(34)37-2)15-21(14-19)31(35)36/h3-6,13-16H,7-12,17H2,1-2H3. The number of fused-ring (bicyclic) bond motifs is 1. The Hall–Kier alpha value is -4.21. The molecule has 10 heteroatoms. The Bertz CT molecular complexity index is 1420. The average molecular weight is 505 g/mol. The van der Waals surface area contributed by atoms with Gasteiger partial charge < -0.3 is 19.1 Å². The number of nitrogens with zero attached hydrogens (tertiary/aromatic N) is 4. The Labute approximate surface area is 213 Å². The SMILES string of the molecule is COC(=O)c1cc(C(=O)N2CCC3(CCN(C(=O)c4cc5ccccc5n4C)CC3)C2)cc([N+](=O)[O-])c1. The van der Waals surface area contributed by atoms with Crippen LogP contribution in [-0.4, -0.2) is 70.4 Å². The van der Waals surface area contributed by atoms with Crippen LogP contribution in [0.3, 0.4) is 0 Å². The monoisotopic (exact) mass is 504 g/mol. The number of esters is 1. The first-order valence-electron chi connectivity index (χ1n) is 12.2. The second kappa shape index (κ2) is 9.34. The predicted octanol–water partition coefficient (Wildman–Crippen LogP) is 3.64. The molecule has 5 rings (SSSR count). The van der Waals surface area contributed by atoms with Crippen molar-refractivity contribution in [3.8, 4) is 0 Å². The van der Waals surface area contributed by atoms with E-state index in [0.717, 1.165) is 36.2 Å². The summed E-state index contributed by atoms with van der Waals surface area (Å²) in [7, 11) is 3.09. The highest BCUT2D eigenvalue weighted by Crippen LogP contribution is 2.41. The Balaban J connectivity index is 1.27. The number of ether oxygens (including phenoxy) is 1. The van der Waals surface area contributed by atoms with Gasteiger partial charge in [0.05, 0.1) is 17.6 Å². The van der Waals surface area contributed by atoms with Crippen LogP contribution in [0.15, 0.2) is 48.5 Å². The lowest BCUT2D eigenvalue weighted by Crippen LogP contribution is -2.45. The lowest BCUT2D eigenvalue weighted by Gasteiger charge is -2.39. The molecule has 10 nitrogen and oxygen atoms in total. The first-order chi connectivity index (χ1) is 17.7. The molecule has 0 bridgehead atoms. The van der Waals surface area contributed by atoms with Gasteiger partial charge >= 0.3 is 5.97 Å². The van der Waals surface area contributed by atoms with Gasteiger partial charge in [0.1, 0.15) is 5.69 Å². The van der Waals surface area contributed by atoms with Crippen molar-refractivity contribution in [2.75, 3.05) is 33.3 Å². The summed E-state index contributed by atoms with van der Waals surface area (Å²) < 4.78 is 6.62. The molecular weight excluding hydrogens is 476 g/mol. The normalized spacial score (nSPS) is 16.8. The number of piperidine rings is 1. The van der Waals surface area contributed by atoms with Crippen LogP contribution in [0.1, 0.15) is 50.5 Å². The van der Waals surface area contributed by atoms with Gasteiger partial charge in [-0.25, -0.2) is 4.79 Å². The molecule has 2 aliphatic rings. The van der Waals surface area contributed by atoms with Crippen molar-refractivity contribution in [3.63, 3.8) is 0 Å². The first kappa shape index (κ1) is 24.5. The number of carbonyl (C=O) groups is 3. The van der Waals surface area contributed by atoms with Crippen molar-refractivity contribution >= 4 is 34.4 Å². The third-order valence-corrected chi connectivity index (χ3v) is 7.80. The summed E-state index contributed by atoms with van der Waals surface area (Å²) in [5.74, 6) is -1.08. The van der Waals surface area contributed by atoms with Gasteiger partial charge in [0, 0.05) is 61.8 Å². The Morgan fingerprint density at radius 1 is 0.919 bits per heavy atom. The number of para-hydroxylation sites is 1. The van der Waals surface area contributed by atoms with Crippen molar-refractivity contribution in [3.05, 3.63) is 75.5 Å². The average Bonchev–Trinajstić information content (AvgIpc) is 3.48. The van der Waals surface area contributed by atoms with Gasteiger partial charge in [0.15, 0.2) is 0 Å². The van der Waals surface area contributed by atoms with Gasteiger partial charge in [0.25, 0.3) is 17.5 Å². The Kier molecular flexibility index (Phi) is 6.18. The molecular formula is C27H28N4O6. The Morgan fingerprint density at radius 2 is 1.57 bits per heavy atom. The van der Waals surface area contributed by atoms with E-state index in [1.54, 1.807) is 4.90 Å². The highest BCUT2D eigenvalue weighted by Gasteiger charge is 2.43. The summed E-state index contributed by atoms with van der Waals surface area (Å²) in [5, 5.41) is 12.4. The summed E-state index contributed by atoms with van der Waals surface area (Å²) in [6, 6.07) is 13.5. The van der Waals surface area contributed by atoms with Crippen LogP contribution in [0, 0.1) is 15.5 Å². The van der Waals surface area contributed by atoms with Crippen molar-refractivity contribution in [1.29, 1.82) is 0 Å². The molecule has 2 saturated heterocycles. The first-order valence-corrected chi connectivity index (χ1v) is 12.2. The van der Waals surface area contributed by atoms with Crippen molar-refractivity contribution in [2.45, 2.75) is 19.3 Å². The van der Waals surface area contributed by atoms with E-state index in [1.807, 2.05) is 46.8 Å². The number of hydrogen-bond acceptors (Lipinski definition) is 6. The molecule has 0 aliphatic carbocycles. The lowest BCUT2D eigenvalue weighted by atomic mass is 9.77. The highest BCUT2D eigenvalue weighted by molar-refractivity contribution is 6.00. The number of nitro benzene ring substituents is 1. The van der Waals surface area contributed by atoms with E-state index in [1.165, 1.54) is 19.2 Å². The fraction of sp³-hybridized carbons (Fsp3) is 0.370. The molecule has 1 spiro atoms. The summed E-state index contributed by atoms with van der Waals surface area (Å²) in [6.07, 6.45) is 2.34. The largest absolute Gasteiger partial charge is 0.465 e. The van der Waals surface area contributed by atoms with Crippen LogP contribution in [0.2, 0.25) is 0 Å². The molecule has 0 unspecified atom stereocenters. The van der Waals surface area contributed by atoms with Crippen LogP contribution < -0.4 is 0 Å². The summed E-state index contributed by atoms with van der Waals surface area (Å²) in [5.41, 5.74) is 1.30. The van der Waals surface area contributed by atoms with E-state index in [4.69, 9.17) is 0 Å². The number of nitro groups is 1. The smallest absolute Gasteiger partial charge is 0.338 e. The fourth-order valence-electron chi connectivity index (χ4n) is 5.62. The van der Waals surface area contributed by atoms with E-state index in [2.05, 4.69) is 4.74 Å². The second-order valence-electron chi connectivity index (χ2n) is 9.93. The molecule has 3 aromatic rings. The zero-order valence-electron chi connectivity index (χ0n) is 20.8. The van der Waals surface area contributed by atoms with Gasteiger partial charge in [-0.1, -0.05) is 18.2 Å². The molecule has 2 fully saturated rings. The molecule has 0 atom stereocenters. The number of aromatic nitrogens is 1. The third-order valence-electron chi connectivity index (χ3n) is 7.80. The van der Waals surface area contributed by atoms with Crippen LogP contribution >= 0.6 is 0 Å². The quantitative estimate of drug-likeness (QED) is 0.304. The number of benzene rings is 2. The van der Waals surface area contributed by atoms with E-state index < -0.39 is 10.9 Å². The minimum absolute atomic E-state index is 0.00594. The van der Waals surface area contributed by atoms with Gasteiger partial charge in [-0.05, 0) is 42.9 Å². The van der Waals surface area contributed by atoms with Gasteiger partial charge in [-0.15, -0.1) is 0 Å². The van der Waals surface area contributed by atoms with E-state index in [0.29, 0.717) is 31.9 Å². The molecule has 0 radical (unpaired) electrons. The fourth-order valence-corrected chi connectivity index (χ4v) is 5.62. The van der Waals surface area contributed by atoms with E-state index in [9.17, 15) is 24.5 Å². The maximum absolute atomic E-state index is 13.3. The number of likely N-dealkylation sites (tertiary alicyclic amines) is 2. The van der Waals surface area contributed by atoms with E-state index >= 15 is 0 Å². The lowest BCUT2D eigenvalue weighted by molar-refractivity contribution is -0.384. The number of non-ortho nitro benzene ring substituents is 1. The van der Waals surface area contributed by atoms with Crippen LogP contribution in [0.25, 0.3) is 10.9 Å². The molecule has 0 saturated carbocycles. The molecule has 2 amide bonds. The molecule has 1 aromatic heterocycles. The summed E-state index contributed by atoms with van der Waals surface area (Å²) in [6.45, 7) is 2.24. The number of aryl methyl sites for hydroxylation is 1. The van der Waals surface area contributed by atoms with E-state index in [-0.39, 0.29) is 34.0 Å². The maximum atomic E-state index is 13.3. The molecule has 0 N–H and O–H groups in total. The number of amides is 2. The number of hydrogen-bond donors (Lipinski definition) is 0. The molecule has 3 heterocycles. The topological polar surface area (TPSA) is 115 Å². The van der Waals surface area contributed by atoms with Gasteiger partial charge in [-0.2, -0.15) is 0 Å². The molecule has 192 valence electrons. The highest BCUT2D eigenvalue weighted by atomic mass is 16.6. The van der Waals surface area contributed by atoms with Crippen LogP contribution in [-0.2, 0) is 11.8 Å². The number of rotatable bonds is 4. The zero-order chi connectivity index (χ0) is 26.3. The predicted molar refractivity (Wildman–Crippen MR) is 135 cm³/mol. The Morgan fingerprint density at radius 3 is 2.22 bits per heavy atom. The molecule has 2 aliphatic heterocycles. The van der Waals surface area contributed by atoms with Gasteiger partial charge in [-0.3, -0.25) is 19.7 Å². The van der Waals surface area contributed by atoms with Crippen molar-refractivity contribution in [1.82, 2.24) is 14.4 Å². The van der Waals surface area contributed by atoms with Crippen molar-refractivity contribution < 1.29 is 24.0 Å². The molecule has 37 heavy (non-hydrogen) atoms. The zero-order valence-corrected chi connectivity index (χ0v) is 20.8. The minimum atomic E-state index is -0.737. The number of methoxy groups -OCH3 is 1. The van der Waals surface area contributed by atoms with Gasteiger partial charge in [0.2, 0.25) is 0 Å². The maximum Gasteiger partial charge on any atom is 0.338 e. The van der Waals surface area contributed by atoms with Crippen LogP contribution in [0.4, 0.5) is 5.69 Å². The summed E-state index contributed by atoms with van der Waals surface area (Å²) >= 11 is 0. The summed E-state index contributed by atoms with van der Waals surface area (Å²) in [4.78, 5) is 52.9. The third kappa shape index (κ3) is 4.43.